The third kappa shape index (κ3) is 2.32. The van der Waals surface area contributed by atoms with E-state index in [9.17, 15) is 12.8 Å². The quantitative estimate of drug-likeness (QED) is 0.723. The van der Waals surface area contributed by atoms with Crippen LogP contribution in [-0.4, -0.2) is 38.0 Å². The summed E-state index contributed by atoms with van der Waals surface area (Å²) >= 11 is 0. The zero-order valence-electron chi connectivity index (χ0n) is 8.93. The molecular formula is C10H13FN2O2S. The third-order valence-corrected chi connectivity index (χ3v) is 4.62. The molecule has 0 spiro atoms. The van der Waals surface area contributed by atoms with Crippen molar-refractivity contribution in [2.45, 2.75) is 12.5 Å². The Hall–Kier alpha value is -1.17. The van der Waals surface area contributed by atoms with Crippen molar-refractivity contribution >= 4 is 15.5 Å². The minimum Gasteiger partial charge on any atom is -0.370 e. The summed E-state index contributed by atoms with van der Waals surface area (Å²) in [4.78, 5) is 5.27. The number of sulfone groups is 1. The van der Waals surface area contributed by atoms with Crippen LogP contribution in [0.15, 0.2) is 18.3 Å². The molecule has 88 valence electrons. The summed E-state index contributed by atoms with van der Waals surface area (Å²) in [6, 6.07) is 2.92. The molecule has 4 nitrogen and oxygen atoms in total. The van der Waals surface area contributed by atoms with E-state index in [-0.39, 0.29) is 17.5 Å². The van der Waals surface area contributed by atoms with Crippen LogP contribution in [0, 0.1) is 5.95 Å². The van der Waals surface area contributed by atoms with E-state index in [4.69, 9.17) is 0 Å². The Morgan fingerprint density at radius 3 is 2.88 bits per heavy atom. The maximum atomic E-state index is 12.9. The van der Waals surface area contributed by atoms with Gasteiger partial charge in [-0.15, -0.1) is 0 Å². The van der Waals surface area contributed by atoms with Gasteiger partial charge in [-0.2, -0.15) is 4.39 Å². The fourth-order valence-electron chi connectivity index (χ4n) is 1.90. The van der Waals surface area contributed by atoms with E-state index in [1.54, 1.807) is 18.0 Å². The van der Waals surface area contributed by atoms with Gasteiger partial charge in [-0.3, -0.25) is 0 Å². The number of halogens is 1. The molecule has 1 aliphatic heterocycles. The summed E-state index contributed by atoms with van der Waals surface area (Å²) in [5.74, 6) is -0.187. The Morgan fingerprint density at radius 2 is 2.31 bits per heavy atom. The van der Waals surface area contributed by atoms with Crippen LogP contribution >= 0.6 is 0 Å². The van der Waals surface area contributed by atoms with Crippen LogP contribution in [-0.2, 0) is 9.84 Å². The lowest BCUT2D eigenvalue weighted by Gasteiger charge is -2.25. The Balaban J connectivity index is 2.17. The van der Waals surface area contributed by atoms with Crippen molar-refractivity contribution in [2.24, 2.45) is 0 Å². The second kappa shape index (κ2) is 4.01. The van der Waals surface area contributed by atoms with Crippen molar-refractivity contribution in [3.63, 3.8) is 0 Å². The van der Waals surface area contributed by atoms with Gasteiger partial charge in [-0.1, -0.05) is 0 Å². The smallest absolute Gasteiger partial charge is 0.214 e. The molecule has 2 heterocycles. The summed E-state index contributed by atoms with van der Waals surface area (Å²) in [7, 11) is -1.13. The summed E-state index contributed by atoms with van der Waals surface area (Å²) in [5.41, 5.74) is 0.662. The summed E-state index contributed by atoms with van der Waals surface area (Å²) in [6.07, 6.45) is 1.98. The largest absolute Gasteiger partial charge is 0.370 e. The van der Waals surface area contributed by atoms with Gasteiger partial charge in [-0.25, -0.2) is 13.4 Å². The van der Waals surface area contributed by atoms with Gasteiger partial charge >= 0.3 is 0 Å². The van der Waals surface area contributed by atoms with Gasteiger partial charge in [0, 0.05) is 31.0 Å². The Labute approximate surface area is 94.0 Å². The fraction of sp³-hybridized carbons (Fsp3) is 0.500. The molecule has 16 heavy (non-hydrogen) atoms. The number of anilines is 1. The molecule has 0 N–H and O–H groups in total. The van der Waals surface area contributed by atoms with Gasteiger partial charge in [0.05, 0.1) is 11.5 Å². The molecule has 1 fully saturated rings. The number of rotatable bonds is 2. The van der Waals surface area contributed by atoms with Gasteiger partial charge in [0.2, 0.25) is 5.95 Å². The SMILES string of the molecule is CN(c1ccnc(F)c1)C1CCS(=O)(=O)C1. The van der Waals surface area contributed by atoms with Crippen molar-refractivity contribution < 1.29 is 12.8 Å². The van der Waals surface area contributed by atoms with Gasteiger partial charge in [0.15, 0.2) is 9.84 Å². The van der Waals surface area contributed by atoms with Crippen molar-refractivity contribution in [3.05, 3.63) is 24.3 Å². The molecule has 0 aromatic carbocycles. The Bertz CT molecular complexity index is 489. The summed E-state index contributed by atoms with van der Waals surface area (Å²) in [6.45, 7) is 0. The van der Waals surface area contributed by atoms with Gasteiger partial charge < -0.3 is 4.90 Å². The molecule has 0 amide bonds. The number of hydrogen-bond donors (Lipinski definition) is 0. The first-order valence-corrected chi connectivity index (χ1v) is 6.85. The van der Waals surface area contributed by atoms with Crippen LogP contribution in [0.25, 0.3) is 0 Å². The molecule has 1 unspecified atom stereocenters. The molecule has 1 saturated heterocycles. The van der Waals surface area contributed by atoms with Crippen LogP contribution in [0.3, 0.4) is 0 Å². The zero-order chi connectivity index (χ0) is 11.8. The predicted molar refractivity (Wildman–Crippen MR) is 59.7 cm³/mol. The van der Waals surface area contributed by atoms with E-state index in [0.29, 0.717) is 12.1 Å². The number of nitrogens with zero attached hydrogens (tertiary/aromatic N) is 2. The second-order valence-corrected chi connectivity index (χ2v) is 6.23. The lowest BCUT2D eigenvalue weighted by atomic mass is 10.2. The van der Waals surface area contributed by atoms with Crippen LogP contribution in [0.5, 0.6) is 0 Å². The highest BCUT2D eigenvalue weighted by Gasteiger charge is 2.30. The first-order chi connectivity index (χ1) is 7.48. The van der Waals surface area contributed by atoms with Crippen molar-refractivity contribution in [1.29, 1.82) is 0 Å². The molecule has 1 aliphatic rings. The lowest BCUT2D eigenvalue weighted by molar-refractivity contribution is 0.581. The maximum Gasteiger partial charge on any atom is 0.214 e. The highest BCUT2D eigenvalue weighted by atomic mass is 32.2. The average Bonchev–Trinajstić information content (AvgIpc) is 2.58. The Kier molecular flexibility index (Phi) is 2.84. The zero-order valence-corrected chi connectivity index (χ0v) is 9.74. The predicted octanol–water partition coefficient (Wildman–Crippen LogP) is 0.844. The van der Waals surface area contributed by atoms with Crippen LogP contribution in [0.2, 0.25) is 0 Å². The standard InChI is InChI=1S/C10H13FN2O2S/c1-13(8-2-4-12-10(11)6-8)9-3-5-16(14,15)7-9/h2,4,6,9H,3,5,7H2,1H3. The number of pyridine rings is 1. The van der Waals surface area contributed by atoms with Crippen LogP contribution in [0.4, 0.5) is 10.1 Å². The highest BCUT2D eigenvalue weighted by molar-refractivity contribution is 7.91. The van der Waals surface area contributed by atoms with E-state index in [0.717, 1.165) is 0 Å². The molecule has 1 aromatic heterocycles. The van der Waals surface area contributed by atoms with Gasteiger partial charge in [-0.05, 0) is 12.5 Å². The Morgan fingerprint density at radius 1 is 1.56 bits per heavy atom. The van der Waals surface area contributed by atoms with Crippen molar-refractivity contribution in [3.8, 4) is 0 Å². The first kappa shape index (κ1) is 11.3. The number of hydrogen-bond acceptors (Lipinski definition) is 4. The average molecular weight is 244 g/mol. The second-order valence-electron chi connectivity index (χ2n) is 4.00. The monoisotopic (exact) mass is 244 g/mol. The van der Waals surface area contributed by atoms with E-state index >= 15 is 0 Å². The summed E-state index contributed by atoms with van der Waals surface area (Å²) in [5, 5.41) is 0. The van der Waals surface area contributed by atoms with E-state index in [2.05, 4.69) is 4.98 Å². The molecule has 0 aliphatic carbocycles. The highest BCUT2D eigenvalue weighted by Crippen LogP contribution is 2.22. The van der Waals surface area contributed by atoms with Gasteiger partial charge in [0.25, 0.3) is 0 Å². The van der Waals surface area contributed by atoms with E-state index in [1.165, 1.54) is 12.3 Å². The molecule has 0 saturated carbocycles. The summed E-state index contributed by atoms with van der Waals surface area (Å²) < 4.78 is 35.6. The molecular weight excluding hydrogens is 231 g/mol. The molecule has 2 rings (SSSR count). The molecule has 0 radical (unpaired) electrons. The van der Waals surface area contributed by atoms with Crippen LogP contribution < -0.4 is 4.90 Å². The molecule has 1 atom stereocenters. The van der Waals surface area contributed by atoms with Gasteiger partial charge in [0.1, 0.15) is 0 Å². The topological polar surface area (TPSA) is 50.3 Å². The van der Waals surface area contributed by atoms with E-state index in [1.807, 2.05) is 0 Å². The van der Waals surface area contributed by atoms with Crippen molar-refractivity contribution in [2.75, 3.05) is 23.5 Å². The molecule has 0 bridgehead atoms. The third-order valence-electron chi connectivity index (χ3n) is 2.87. The minimum atomic E-state index is -2.91. The first-order valence-electron chi connectivity index (χ1n) is 5.03. The minimum absolute atomic E-state index is 0.0631. The molecule has 1 aromatic rings. The van der Waals surface area contributed by atoms with Crippen LogP contribution in [0.1, 0.15) is 6.42 Å². The maximum absolute atomic E-state index is 12.9. The lowest BCUT2D eigenvalue weighted by Crippen LogP contribution is -2.32. The fourth-order valence-corrected chi connectivity index (χ4v) is 3.68. The number of aromatic nitrogens is 1. The molecule has 6 heteroatoms. The van der Waals surface area contributed by atoms with E-state index < -0.39 is 15.8 Å². The van der Waals surface area contributed by atoms with Crippen molar-refractivity contribution in [1.82, 2.24) is 4.98 Å². The normalized spacial score (nSPS) is 23.2.